The number of hydrogen-bond donors (Lipinski definition) is 1. The SMILES string of the molecule is Cl.NCCc1noc(COc2ccccc2)n1. The molecule has 2 aromatic rings. The highest BCUT2D eigenvalue weighted by Gasteiger charge is 2.05. The van der Waals surface area contributed by atoms with E-state index in [-0.39, 0.29) is 19.0 Å². The van der Waals surface area contributed by atoms with Crippen molar-refractivity contribution >= 4 is 12.4 Å². The summed E-state index contributed by atoms with van der Waals surface area (Å²) < 4.78 is 10.5. The number of para-hydroxylation sites is 1. The molecule has 0 aliphatic heterocycles. The maximum atomic E-state index is 5.46. The fourth-order valence-electron chi connectivity index (χ4n) is 1.24. The zero-order valence-electron chi connectivity index (χ0n) is 9.20. The number of benzene rings is 1. The Morgan fingerprint density at radius 3 is 2.71 bits per heavy atom. The Labute approximate surface area is 105 Å². The summed E-state index contributed by atoms with van der Waals surface area (Å²) >= 11 is 0. The number of nitrogens with zero attached hydrogens (tertiary/aromatic N) is 2. The number of halogens is 1. The molecule has 17 heavy (non-hydrogen) atoms. The smallest absolute Gasteiger partial charge is 0.264 e. The summed E-state index contributed by atoms with van der Waals surface area (Å²) in [7, 11) is 0. The second-order valence-corrected chi connectivity index (χ2v) is 3.24. The van der Waals surface area contributed by atoms with Gasteiger partial charge in [-0.05, 0) is 18.7 Å². The standard InChI is InChI=1S/C11H13N3O2.ClH/c12-7-6-10-13-11(16-14-10)8-15-9-4-2-1-3-5-9;/h1-5H,6-8,12H2;1H. The predicted octanol–water partition coefficient (Wildman–Crippen LogP) is 1.57. The zero-order valence-corrected chi connectivity index (χ0v) is 10.0. The van der Waals surface area contributed by atoms with Gasteiger partial charge in [-0.3, -0.25) is 0 Å². The number of rotatable bonds is 5. The molecular weight excluding hydrogens is 242 g/mol. The van der Waals surface area contributed by atoms with Gasteiger partial charge < -0.3 is 15.0 Å². The van der Waals surface area contributed by atoms with Crippen molar-refractivity contribution in [3.05, 3.63) is 42.0 Å². The van der Waals surface area contributed by atoms with Crippen LogP contribution in [0.4, 0.5) is 0 Å². The molecule has 0 amide bonds. The monoisotopic (exact) mass is 255 g/mol. The van der Waals surface area contributed by atoms with Crippen LogP contribution in [0.5, 0.6) is 5.75 Å². The summed E-state index contributed by atoms with van der Waals surface area (Å²) in [6.07, 6.45) is 0.620. The molecule has 92 valence electrons. The lowest BCUT2D eigenvalue weighted by Gasteiger charge is -2.00. The van der Waals surface area contributed by atoms with Gasteiger partial charge in [-0.25, -0.2) is 0 Å². The lowest BCUT2D eigenvalue weighted by molar-refractivity contribution is 0.242. The van der Waals surface area contributed by atoms with Gasteiger partial charge in [0.05, 0.1) is 0 Å². The first-order valence-electron chi connectivity index (χ1n) is 5.08. The molecule has 1 aromatic carbocycles. The molecule has 0 aliphatic carbocycles. The first-order valence-corrected chi connectivity index (χ1v) is 5.08. The molecule has 5 nitrogen and oxygen atoms in total. The summed E-state index contributed by atoms with van der Waals surface area (Å²) in [6.45, 7) is 0.792. The van der Waals surface area contributed by atoms with Gasteiger partial charge in [0.2, 0.25) is 0 Å². The molecule has 0 radical (unpaired) electrons. The van der Waals surface area contributed by atoms with Gasteiger partial charge >= 0.3 is 0 Å². The molecule has 0 saturated carbocycles. The summed E-state index contributed by atoms with van der Waals surface area (Å²) in [6, 6.07) is 9.49. The Morgan fingerprint density at radius 2 is 2.00 bits per heavy atom. The van der Waals surface area contributed by atoms with E-state index in [9.17, 15) is 0 Å². The summed E-state index contributed by atoms with van der Waals surface area (Å²) in [4.78, 5) is 4.13. The van der Waals surface area contributed by atoms with Crippen LogP contribution >= 0.6 is 12.4 Å². The van der Waals surface area contributed by atoms with E-state index in [1.807, 2.05) is 30.3 Å². The van der Waals surface area contributed by atoms with Crippen LogP contribution in [0.2, 0.25) is 0 Å². The van der Waals surface area contributed by atoms with E-state index in [4.69, 9.17) is 15.0 Å². The summed E-state index contributed by atoms with van der Waals surface area (Å²) in [5.74, 6) is 1.86. The second kappa shape index (κ2) is 6.88. The van der Waals surface area contributed by atoms with Crippen molar-refractivity contribution in [3.8, 4) is 5.75 Å². The van der Waals surface area contributed by atoms with Crippen molar-refractivity contribution in [2.45, 2.75) is 13.0 Å². The van der Waals surface area contributed by atoms with Crippen molar-refractivity contribution in [2.24, 2.45) is 5.73 Å². The molecule has 0 unspecified atom stereocenters. The highest BCUT2D eigenvalue weighted by molar-refractivity contribution is 5.85. The van der Waals surface area contributed by atoms with E-state index >= 15 is 0 Å². The van der Waals surface area contributed by atoms with Crippen LogP contribution in [0.25, 0.3) is 0 Å². The highest BCUT2D eigenvalue weighted by atomic mass is 35.5. The third-order valence-electron chi connectivity index (χ3n) is 1.98. The van der Waals surface area contributed by atoms with E-state index in [0.29, 0.717) is 24.7 Å². The van der Waals surface area contributed by atoms with Crippen LogP contribution in [-0.2, 0) is 13.0 Å². The molecule has 1 aromatic heterocycles. The van der Waals surface area contributed by atoms with Gasteiger partial charge in [-0.1, -0.05) is 23.4 Å². The molecule has 0 fully saturated rings. The summed E-state index contributed by atoms with van der Waals surface area (Å²) in [5.41, 5.74) is 5.38. The largest absolute Gasteiger partial charge is 0.484 e. The summed E-state index contributed by atoms with van der Waals surface area (Å²) in [5, 5.41) is 3.77. The minimum atomic E-state index is 0. The van der Waals surface area contributed by atoms with Crippen LogP contribution in [0.3, 0.4) is 0 Å². The molecule has 2 rings (SSSR count). The Morgan fingerprint density at radius 1 is 1.24 bits per heavy atom. The van der Waals surface area contributed by atoms with Crippen LogP contribution in [0.1, 0.15) is 11.7 Å². The minimum Gasteiger partial charge on any atom is -0.484 e. The average molecular weight is 256 g/mol. The van der Waals surface area contributed by atoms with Gasteiger partial charge in [-0.15, -0.1) is 12.4 Å². The molecule has 0 spiro atoms. The van der Waals surface area contributed by atoms with Crippen LogP contribution < -0.4 is 10.5 Å². The van der Waals surface area contributed by atoms with Gasteiger partial charge in [0.1, 0.15) is 5.75 Å². The van der Waals surface area contributed by atoms with E-state index < -0.39 is 0 Å². The average Bonchev–Trinajstić information content (AvgIpc) is 2.76. The normalized spacial score (nSPS) is 9.71. The topological polar surface area (TPSA) is 74.2 Å². The fraction of sp³-hybridized carbons (Fsp3) is 0.273. The highest BCUT2D eigenvalue weighted by Crippen LogP contribution is 2.10. The Balaban J connectivity index is 0.00000144. The van der Waals surface area contributed by atoms with E-state index in [1.54, 1.807) is 0 Å². The van der Waals surface area contributed by atoms with Crippen LogP contribution in [0, 0.1) is 0 Å². The Bertz CT molecular complexity index is 433. The van der Waals surface area contributed by atoms with Crippen LogP contribution in [0.15, 0.2) is 34.9 Å². The van der Waals surface area contributed by atoms with E-state index in [2.05, 4.69) is 10.1 Å². The lowest BCUT2D eigenvalue weighted by atomic mass is 10.3. The Kier molecular flexibility index (Phi) is 5.45. The number of aromatic nitrogens is 2. The molecule has 6 heteroatoms. The molecule has 1 heterocycles. The predicted molar refractivity (Wildman–Crippen MR) is 65.1 cm³/mol. The minimum absolute atomic E-state index is 0. The van der Waals surface area contributed by atoms with E-state index in [1.165, 1.54) is 0 Å². The maximum absolute atomic E-state index is 5.46. The zero-order chi connectivity index (χ0) is 11.2. The van der Waals surface area contributed by atoms with Crippen LogP contribution in [-0.4, -0.2) is 16.7 Å². The number of nitrogens with two attached hydrogens (primary N) is 1. The first kappa shape index (κ1) is 13.5. The van der Waals surface area contributed by atoms with Crippen molar-refractivity contribution in [2.75, 3.05) is 6.54 Å². The lowest BCUT2D eigenvalue weighted by Crippen LogP contribution is -2.04. The van der Waals surface area contributed by atoms with Crippen molar-refractivity contribution < 1.29 is 9.26 Å². The van der Waals surface area contributed by atoms with Crippen molar-refractivity contribution in [3.63, 3.8) is 0 Å². The van der Waals surface area contributed by atoms with Gasteiger partial charge in [0.15, 0.2) is 12.4 Å². The van der Waals surface area contributed by atoms with Gasteiger partial charge in [0, 0.05) is 6.42 Å². The molecular formula is C11H14ClN3O2. The van der Waals surface area contributed by atoms with Gasteiger partial charge in [-0.2, -0.15) is 4.98 Å². The third-order valence-corrected chi connectivity index (χ3v) is 1.98. The quantitative estimate of drug-likeness (QED) is 0.878. The fourth-order valence-corrected chi connectivity index (χ4v) is 1.24. The molecule has 0 bridgehead atoms. The number of ether oxygens (including phenoxy) is 1. The van der Waals surface area contributed by atoms with Gasteiger partial charge in [0.25, 0.3) is 5.89 Å². The molecule has 0 aliphatic rings. The Hall–Kier alpha value is -1.59. The van der Waals surface area contributed by atoms with Crippen molar-refractivity contribution in [1.82, 2.24) is 10.1 Å². The molecule has 0 saturated heterocycles. The van der Waals surface area contributed by atoms with E-state index in [0.717, 1.165) is 5.75 Å². The first-order chi connectivity index (χ1) is 7.88. The number of hydrogen-bond acceptors (Lipinski definition) is 5. The second-order valence-electron chi connectivity index (χ2n) is 3.24. The molecule has 2 N–H and O–H groups in total. The maximum Gasteiger partial charge on any atom is 0.264 e. The third kappa shape index (κ3) is 4.05. The van der Waals surface area contributed by atoms with Crippen molar-refractivity contribution in [1.29, 1.82) is 0 Å². The molecule has 0 atom stereocenters.